The van der Waals surface area contributed by atoms with Crippen LogP contribution in [0.2, 0.25) is 0 Å². The molecule has 0 spiro atoms. The molecule has 0 aliphatic heterocycles. The lowest BCUT2D eigenvalue weighted by molar-refractivity contribution is 0.477. The number of hydrogen-bond donors (Lipinski definition) is 3. The number of nitrogens with two attached hydrogens (primary N) is 1. The van der Waals surface area contributed by atoms with Crippen molar-refractivity contribution in [2.45, 2.75) is 24.3 Å². The van der Waals surface area contributed by atoms with E-state index in [-0.39, 0.29) is 22.4 Å². The van der Waals surface area contributed by atoms with Crippen LogP contribution >= 0.6 is 11.8 Å². The number of phenols is 1. The molecule has 5 nitrogen and oxygen atoms in total. The number of sulfonamides is 1. The summed E-state index contributed by atoms with van der Waals surface area (Å²) in [6.45, 7) is 1.82. The van der Waals surface area contributed by atoms with Gasteiger partial charge in [-0.05, 0) is 43.6 Å². The van der Waals surface area contributed by atoms with E-state index in [9.17, 15) is 13.5 Å². The first kappa shape index (κ1) is 15.1. The third-order valence-electron chi connectivity index (χ3n) is 2.42. The maximum absolute atomic E-state index is 12.0. The molecule has 0 aliphatic carbocycles. The zero-order valence-electron chi connectivity index (χ0n) is 10.4. The molecule has 1 atom stereocenters. The molecule has 1 rings (SSSR count). The summed E-state index contributed by atoms with van der Waals surface area (Å²) in [5.74, 6) is 0.769. The molecule has 0 aliphatic rings. The molecule has 102 valence electrons. The van der Waals surface area contributed by atoms with E-state index in [2.05, 4.69) is 4.72 Å². The van der Waals surface area contributed by atoms with Crippen molar-refractivity contribution in [2.24, 2.45) is 0 Å². The minimum Gasteiger partial charge on any atom is -0.506 e. The molecule has 0 bridgehead atoms. The average Bonchev–Trinajstić information content (AvgIpc) is 2.29. The number of benzene rings is 1. The molecule has 0 saturated carbocycles. The molecule has 0 saturated heterocycles. The Balaban J connectivity index is 2.83. The zero-order chi connectivity index (χ0) is 13.8. The van der Waals surface area contributed by atoms with Crippen LogP contribution in [-0.4, -0.2) is 31.6 Å². The Kier molecular flexibility index (Phi) is 5.30. The van der Waals surface area contributed by atoms with Crippen LogP contribution in [0.3, 0.4) is 0 Å². The minimum atomic E-state index is -3.58. The van der Waals surface area contributed by atoms with Gasteiger partial charge in [0.25, 0.3) is 0 Å². The topological polar surface area (TPSA) is 92.4 Å². The number of aromatic hydroxyl groups is 1. The van der Waals surface area contributed by atoms with Gasteiger partial charge in [-0.1, -0.05) is 0 Å². The Morgan fingerprint density at radius 1 is 1.50 bits per heavy atom. The van der Waals surface area contributed by atoms with Gasteiger partial charge in [0, 0.05) is 6.04 Å². The van der Waals surface area contributed by atoms with E-state index in [1.165, 1.54) is 18.2 Å². The van der Waals surface area contributed by atoms with E-state index in [1.54, 1.807) is 11.8 Å². The van der Waals surface area contributed by atoms with Crippen LogP contribution < -0.4 is 10.5 Å². The number of anilines is 1. The molecule has 18 heavy (non-hydrogen) atoms. The van der Waals surface area contributed by atoms with E-state index in [0.717, 1.165) is 12.2 Å². The molecule has 0 aromatic heterocycles. The summed E-state index contributed by atoms with van der Waals surface area (Å²) in [7, 11) is -3.58. The van der Waals surface area contributed by atoms with E-state index < -0.39 is 10.0 Å². The quantitative estimate of drug-likeness (QED) is 0.544. The summed E-state index contributed by atoms with van der Waals surface area (Å²) in [5, 5.41) is 9.26. The fourth-order valence-electron chi connectivity index (χ4n) is 1.39. The van der Waals surface area contributed by atoms with Gasteiger partial charge < -0.3 is 10.8 Å². The molecular formula is C11H18N2O3S2. The summed E-state index contributed by atoms with van der Waals surface area (Å²) in [4.78, 5) is 0.0637. The Labute approximate surface area is 112 Å². The Morgan fingerprint density at radius 3 is 2.72 bits per heavy atom. The van der Waals surface area contributed by atoms with Crippen LogP contribution in [0.25, 0.3) is 0 Å². The number of nitrogen functional groups attached to an aromatic ring is 1. The molecule has 1 aromatic rings. The van der Waals surface area contributed by atoms with Gasteiger partial charge in [-0.25, -0.2) is 13.1 Å². The van der Waals surface area contributed by atoms with Gasteiger partial charge >= 0.3 is 0 Å². The molecule has 1 aromatic carbocycles. The molecule has 1 unspecified atom stereocenters. The van der Waals surface area contributed by atoms with E-state index in [1.807, 2.05) is 13.2 Å². The number of hydrogen-bond acceptors (Lipinski definition) is 5. The van der Waals surface area contributed by atoms with Crippen molar-refractivity contribution in [2.75, 3.05) is 17.7 Å². The fourth-order valence-corrected chi connectivity index (χ4v) is 3.29. The Morgan fingerprint density at radius 2 is 2.17 bits per heavy atom. The van der Waals surface area contributed by atoms with Crippen LogP contribution in [0.5, 0.6) is 5.75 Å². The first-order valence-corrected chi connectivity index (χ1v) is 8.34. The van der Waals surface area contributed by atoms with E-state index in [0.29, 0.717) is 0 Å². The van der Waals surface area contributed by atoms with Gasteiger partial charge in [0.05, 0.1) is 10.6 Å². The van der Waals surface area contributed by atoms with E-state index in [4.69, 9.17) is 5.73 Å². The van der Waals surface area contributed by atoms with Gasteiger partial charge in [-0.3, -0.25) is 0 Å². The largest absolute Gasteiger partial charge is 0.506 e. The molecular weight excluding hydrogens is 272 g/mol. The van der Waals surface area contributed by atoms with Gasteiger partial charge in [-0.15, -0.1) is 0 Å². The smallest absolute Gasteiger partial charge is 0.240 e. The summed E-state index contributed by atoms with van der Waals surface area (Å²) in [6.07, 6.45) is 2.73. The second-order valence-electron chi connectivity index (χ2n) is 4.02. The van der Waals surface area contributed by atoms with Crippen molar-refractivity contribution in [3.05, 3.63) is 18.2 Å². The van der Waals surface area contributed by atoms with Crippen molar-refractivity contribution < 1.29 is 13.5 Å². The molecule has 0 radical (unpaired) electrons. The molecule has 0 heterocycles. The maximum atomic E-state index is 12.0. The van der Waals surface area contributed by atoms with Crippen LogP contribution in [0.4, 0.5) is 5.69 Å². The van der Waals surface area contributed by atoms with Crippen LogP contribution in [0.1, 0.15) is 13.3 Å². The monoisotopic (exact) mass is 290 g/mol. The van der Waals surface area contributed by atoms with E-state index >= 15 is 0 Å². The maximum Gasteiger partial charge on any atom is 0.240 e. The van der Waals surface area contributed by atoms with Gasteiger partial charge in [0.15, 0.2) is 0 Å². The average molecular weight is 290 g/mol. The highest BCUT2D eigenvalue weighted by Gasteiger charge is 2.18. The number of nitrogens with one attached hydrogen (secondary N) is 1. The highest BCUT2D eigenvalue weighted by Crippen LogP contribution is 2.23. The summed E-state index contributed by atoms with van der Waals surface area (Å²) >= 11 is 1.67. The molecule has 4 N–H and O–H groups in total. The van der Waals surface area contributed by atoms with Crippen molar-refractivity contribution in [1.29, 1.82) is 0 Å². The van der Waals surface area contributed by atoms with Gasteiger partial charge in [0.1, 0.15) is 5.75 Å². The first-order chi connectivity index (χ1) is 8.36. The van der Waals surface area contributed by atoms with Crippen LogP contribution in [0.15, 0.2) is 23.1 Å². The third kappa shape index (κ3) is 4.08. The van der Waals surface area contributed by atoms with Crippen LogP contribution in [-0.2, 0) is 10.0 Å². The van der Waals surface area contributed by atoms with Crippen molar-refractivity contribution >= 4 is 27.5 Å². The van der Waals surface area contributed by atoms with Gasteiger partial charge in [0.2, 0.25) is 10.0 Å². The molecule has 0 fully saturated rings. The lowest BCUT2D eigenvalue weighted by Gasteiger charge is -2.14. The number of thioether (sulfide) groups is 1. The summed E-state index contributed by atoms with van der Waals surface area (Å²) in [6, 6.07) is 3.71. The van der Waals surface area contributed by atoms with Crippen LogP contribution in [0, 0.1) is 0 Å². The number of rotatable bonds is 6. The highest BCUT2D eigenvalue weighted by molar-refractivity contribution is 7.98. The highest BCUT2D eigenvalue weighted by atomic mass is 32.2. The lowest BCUT2D eigenvalue weighted by Crippen LogP contribution is -2.33. The summed E-state index contributed by atoms with van der Waals surface area (Å²) < 4.78 is 26.6. The normalized spacial score (nSPS) is 13.4. The fraction of sp³-hybridized carbons (Fsp3) is 0.455. The summed E-state index contributed by atoms with van der Waals surface area (Å²) in [5.41, 5.74) is 5.53. The van der Waals surface area contributed by atoms with Crippen molar-refractivity contribution in [3.8, 4) is 5.75 Å². The standard InChI is InChI=1S/C11H18N2O3S2/c1-8(5-6-17-2)13-18(15,16)9-3-4-11(14)10(12)7-9/h3-4,7-8,13-14H,5-6,12H2,1-2H3. The molecule has 7 heteroatoms. The third-order valence-corrected chi connectivity index (χ3v) is 4.65. The Hall–Kier alpha value is -0.920. The van der Waals surface area contributed by atoms with Gasteiger partial charge in [-0.2, -0.15) is 11.8 Å². The predicted octanol–water partition coefficient (Wildman–Crippen LogP) is 1.39. The SMILES string of the molecule is CSCCC(C)NS(=O)(=O)c1ccc(O)c(N)c1. The first-order valence-electron chi connectivity index (χ1n) is 5.46. The minimum absolute atomic E-state index is 0.0506. The second-order valence-corrected chi connectivity index (χ2v) is 6.72. The lowest BCUT2D eigenvalue weighted by atomic mass is 10.3. The van der Waals surface area contributed by atoms with Crippen molar-refractivity contribution in [1.82, 2.24) is 4.72 Å². The predicted molar refractivity (Wildman–Crippen MR) is 75.3 cm³/mol. The van der Waals surface area contributed by atoms with Crippen molar-refractivity contribution in [3.63, 3.8) is 0 Å². The second kappa shape index (κ2) is 6.31. The molecule has 0 amide bonds. The zero-order valence-corrected chi connectivity index (χ0v) is 12.0. The Bertz CT molecular complexity index is 503. The number of phenolic OH excluding ortho intramolecular Hbond substituents is 1.